The fourth-order valence-electron chi connectivity index (χ4n) is 2.30. The molecule has 0 bridgehead atoms. The lowest BCUT2D eigenvalue weighted by Gasteiger charge is -2.19. The van der Waals surface area contributed by atoms with Crippen LogP contribution in [0.3, 0.4) is 0 Å². The van der Waals surface area contributed by atoms with E-state index in [0.717, 1.165) is 37.5 Å². The van der Waals surface area contributed by atoms with E-state index in [4.69, 9.17) is 14.2 Å². The second kappa shape index (κ2) is 11.5. The molecule has 1 aliphatic carbocycles. The monoisotopic (exact) mass is 287 g/mol. The van der Waals surface area contributed by atoms with Gasteiger partial charge in [-0.15, -0.1) is 0 Å². The summed E-state index contributed by atoms with van der Waals surface area (Å²) in [6.07, 6.45) is 5.16. The Hall–Kier alpha value is -0.160. The van der Waals surface area contributed by atoms with Gasteiger partial charge in [0.25, 0.3) is 0 Å². The summed E-state index contributed by atoms with van der Waals surface area (Å²) in [5, 5.41) is 3.64. The number of ether oxygens (including phenoxy) is 3. The minimum absolute atomic E-state index is 0.654. The Kier molecular flexibility index (Phi) is 10.3. The number of hydrogen-bond donors (Lipinski definition) is 1. The first kappa shape index (κ1) is 17.9. The fourth-order valence-corrected chi connectivity index (χ4v) is 2.30. The van der Waals surface area contributed by atoms with Crippen molar-refractivity contribution in [1.29, 1.82) is 0 Å². The van der Waals surface area contributed by atoms with E-state index in [0.29, 0.717) is 26.4 Å². The average Bonchev–Trinajstić information content (AvgIpc) is 3.22. The molecular formula is C16H33NO3. The smallest absolute Gasteiger partial charge is 0.0701 e. The van der Waals surface area contributed by atoms with Crippen molar-refractivity contribution in [3.05, 3.63) is 0 Å². The Bertz CT molecular complexity index is 220. The minimum atomic E-state index is 0.654. The molecule has 4 heteroatoms. The van der Waals surface area contributed by atoms with Crippen molar-refractivity contribution in [3.63, 3.8) is 0 Å². The molecule has 0 amide bonds. The molecule has 1 unspecified atom stereocenters. The van der Waals surface area contributed by atoms with E-state index >= 15 is 0 Å². The van der Waals surface area contributed by atoms with Crippen molar-refractivity contribution in [3.8, 4) is 0 Å². The summed E-state index contributed by atoms with van der Waals surface area (Å²) in [6, 6.07) is 0.805. The van der Waals surface area contributed by atoms with Gasteiger partial charge in [-0.3, -0.25) is 0 Å². The standard InChI is InChI=1S/C16H33NO3/c1-14(2)12-15(13-17-16-4-5-16)6-7-19-10-11-20-9-8-18-3/h14-17H,4-13H2,1-3H3. The van der Waals surface area contributed by atoms with Gasteiger partial charge in [0.2, 0.25) is 0 Å². The van der Waals surface area contributed by atoms with Crippen LogP contribution in [0, 0.1) is 11.8 Å². The zero-order valence-electron chi connectivity index (χ0n) is 13.5. The summed E-state index contributed by atoms with van der Waals surface area (Å²) >= 11 is 0. The zero-order chi connectivity index (χ0) is 14.6. The highest BCUT2D eigenvalue weighted by atomic mass is 16.5. The lowest BCUT2D eigenvalue weighted by Crippen LogP contribution is -2.26. The molecule has 0 saturated heterocycles. The quantitative estimate of drug-likeness (QED) is 0.498. The Morgan fingerprint density at radius 2 is 1.65 bits per heavy atom. The van der Waals surface area contributed by atoms with Crippen LogP contribution < -0.4 is 5.32 Å². The van der Waals surface area contributed by atoms with Crippen molar-refractivity contribution < 1.29 is 14.2 Å². The normalized spacial score (nSPS) is 16.8. The topological polar surface area (TPSA) is 39.7 Å². The molecule has 0 radical (unpaired) electrons. The summed E-state index contributed by atoms with van der Waals surface area (Å²) in [4.78, 5) is 0. The second-order valence-corrected chi connectivity index (χ2v) is 6.18. The van der Waals surface area contributed by atoms with E-state index in [1.165, 1.54) is 19.3 Å². The van der Waals surface area contributed by atoms with Gasteiger partial charge in [-0.2, -0.15) is 0 Å². The van der Waals surface area contributed by atoms with Crippen LogP contribution in [0.1, 0.15) is 39.5 Å². The maximum Gasteiger partial charge on any atom is 0.0701 e. The van der Waals surface area contributed by atoms with Crippen molar-refractivity contribution in [1.82, 2.24) is 5.32 Å². The second-order valence-electron chi connectivity index (χ2n) is 6.18. The predicted molar refractivity (Wildman–Crippen MR) is 82.1 cm³/mol. The molecule has 0 aromatic heterocycles. The SMILES string of the molecule is COCCOCCOCCC(CNC1CC1)CC(C)C. The van der Waals surface area contributed by atoms with Gasteiger partial charge in [0.15, 0.2) is 0 Å². The van der Waals surface area contributed by atoms with Crippen molar-refractivity contribution in [2.75, 3.05) is 46.7 Å². The molecule has 1 rings (SSSR count). The van der Waals surface area contributed by atoms with Crippen LogP contribution in [0.25, 0.3) is 0 Å². The highest BCUT2D eigenvalue weighted by molar-refractivity contribution is 4.82. The van der Waals surface area contributed by atoms with E-state index in [9.17, 15) is 0 Å². The van der Waals surface area contributed by atoms with Crippen LogP contribution in [0.4, 0.5) is 0 Å². The molecule has 0 aromatic carbocycles. The number of rotatable bonds is 14. The molecule has 120 valence electrons. The highest BCUT2D eigenvalue weighted by Crippen LogP contribution is 2.21. The molecule has 4 nitrogen and oxygen atoms in total. The van der Waals surface area contributed by atoms with Gasteiger partial charge in [0, 0.05) is 19.8 Å². The van der Waals surface area contributed by atoms with Gasteiger partial charge >= 0.3 is 0 Å². The molecule has 20 heavy (non-hydrogen) atoms. The number of nitrogens with one attached hydrogen (secondary N) is 1. The van der Waals surface area contributed by atoms with Crippen molar-refractivity contribution in [2.24, 2.45) is 11.8 Å². The van der Waals surface area contributed by atoms with E-state index in [-0.39, 0.29) is 0 Å². The Morgan fingerprint density at radius 3 is 2.25 bits per heavy atom. The summed E-state index contributed by atoms with van der Waals surface area (Å²) in [7, 11) is 1.68. The molecule has 1 aliphatic rings. The third kappa shape index (κ3) is 10.6. The van der Waals surface area contributed by atoms with E-state index in [2.05, 4.69) is 19.2 Å². The van der Waals surface area contributed by atoms with Gasteiger partial charge in [-0.05, 0) is 44.1 Å². The lowest BCUT2D eigenvalue weighted by molar-refractivity contribution is 0.0213. The van der Waals surface area contributed by atoms with Crippen LogP contribution in [0.15, 0.2) is 0 Å². The molecule has 1 N–H and O–H groups in total. The average molecular weight is 287 g/mol. The lowest BCUT2D eigenvalue weighted by atomic mass is 9.94. The molecule has 1 fully saturated rings. The number of methoxy groups -OCH3 is 1. The highest BCUT2D eigenvalue weighted by Gasteiger charge is 2.22. The van der Waals surface area contributed by atoms with Crippen LogP contribution in [-0.4, -0.2) is 52.7 Å². The predicted octanol–water partition coefficient (Wildman–Crippen LogP) is 2.47. The van der Waals surface area contributed by atoms with E-state index < -0.39 is 0 Å². The number of hydrogen-bond acceptors (Lipinski definition) is 4. The molecule has 0 aliphatic heterocycles. The maximum atomic E-state index is 5.65. The molecule has 0 aromatic rings. The Morgan fingerprint density at radius 1 is 1.00 bits per heavy atom. The van der Waals surface area contributed by atoms with Crippen LogP contribution in [0.2, 0.25) is 0 Å². The largest absolute Gasteiger partial charge is 0.382 e. The first-order valence-corrected chi connectivity index (χ1v) is 8.10. The third-order valence-corrected chi connectivity index (χ3v) is 3.55. The van der Waals surface area contributed by atoms with Crippen LogP contribution >= 0.6 is 0 Å². The van der Waals surface area contributed by atoms with Crippen LogP contribution in [-0.2, 0) is 14.2 Å². The molecule has 1 saturated carbocycles. The van der Waals surface area contributed by atoms with Gasteiger partial charge < -0.3 is 19.5 Å². The van der Waals surface area contributed by atoms with E-state index in [1.807, 2.05) is 0 Å². The molecule has 1 atom stereocenters. The molecular weight excluding hydrogens is 254 g/mol. The molecule has 0 heterocycles. The van der Waals surface area contributed by atoms with Crippen LogP contribution in [0.5, 0.6) is 0 Å². The van der Waals surface area contributed by atoms with Gasteiger partial charge in [0.1, 0.15) is 0 Å². The van der Waals surface area contributed by atoms with Gasteiger partial charge in [-0.25, -0.2) is 0 Å². The van der Waals surface area contributed by atoms with Gasteiger partial charge in [-0.1, -0.05) is 13.8 Å². The summed E-state index contributed by atoms with van der Waals surface area (Å²) in [5.74, 6) is 1.50. The van der Waals surface area contributed by atoms with Crippen molar-refractivity contribution in [2.45, 2.75) is 45.6 Å². The maximum absolute atomic E-state index is 5.65. The first-order chi connectivity index (χ1) is 9.72. The van der Waals surface area contributed by atoms with Crippen molar-refractivity contribution >= 4 is 0 Å². The summed E-state index contributed by atoms with van der Waals surface area (Å²) in [6.45, 7) is 9.26. The summed E-state index contributed by atoms with van der Waals surface area (Å²) in [5.41, 5.74) is 0. The Balaban J connectivity index is 1.96. The molecule has 0 spiro atoms. The zero-order valence-corrected chi connectivity index (χ0v) is 13.5. The Labute approximate surface area is 124 Å². The minimum Gasteiger partial charge on any atom is -0.382 e. The van der Waals surface area contributed by atoms with E-state index in [1.54, 1.807) is 7.11 Å². The van der Waals surface area contributed by atoms with Gasteiger partial charge in [0.05, 0.1) is 26.4 Å². The summed E-state index contributed by atoms with van der Waals surface area (Å²) < 4.78 is 15.9. The fraction of sp³-hybridized carbons (Fsp3) is 1.00. The first-order valence-electron chi connectivity index (χ1n) is 8.10. The third-order valence-electron chi connectivity index (χ3n) is 3.55.